The average Bonchev–Trinajstić information content (AvgIpc) is 2.65. The van der Waals surface area contributed by atoms with Crippen LogP contribution in [0.1, 0.15) is 29.3 Å². The summed E-state index contributed by atoms with van der Waals surface area (Å²) in [4.78, 5) is 22.3. The number of aliphatic hydroxyl groups excluding tert-OH is 1. The molecule has 0 radical (unpaired) electrons. The Morgan fingerprint density at radius 1 is 1.16 bits per heavy atom. The minimum atomic E-state index is -0.430. The molecule has 0 heterocycles. The van der Waals surface area contributed by atoms with Crippen LogP contribution in [0.2, 0.25) is 0 Å². The first-order chi connectivity index (χ1) is 12.0. The van der Waals surface area contributed by atoms with E-state index in [0.29, 0.717) is 18.5 Å². The highest BCUT2D eigenvalue weighted by atomic mass is 16.6. The molecular formula is C18H21N3O4. The van der Waals surface area contributed by atoms with Crippen LogP contribution in [0.25, 0.3) is 0 Å². The molecule has 0 aliphatic carbocycles. The number of nitro benzene ring substituents is 1. The van der Waals surface area contributed by atoms with Crippen molar-refractivity contribution in [2.24, 2.45) is 0 Å². The van der Waals surface area contributed by atoms with E-state index in [1.165, 1.54) is 12.1 Å². The van der Waals surface area contributed by atoms with E-state index in [1.54, 1.807) is 36.4 Å². The molecule has 7 nitrogen and oxygen atoms in total. The first kappa shape index (κ1) is 18.4. The van der Waals surface area contributed by atoms with E-state index in [4.69, 9.17) is 5.11 Å². The number of nitrogens with one attached hydrogen (secondary N) is 2. The Hall–Kier alpha value is -2.93. The van der Waals surface area contributed by atoms with Crippen LogP contribution in [-0.4, -0.2) is 28.6 Å². The largest absolute Gasteiger partial charge is 0.394 e. The fourth-order valence-electron chi connectivity index (χ4n) is 2.22. The normalized spacial score (nSPS) is 11.6. The summed E-state index contributed by atoms with van der Waals surface area (Å²) < 4.78 is 0. The molecule has 0 saturated heterocycles. The van der Waals surface area contributed by atoms with Gasteiger partial charge in [0.2, 0.25) is 0 Å². The van der Waals surface area contributed by atoms with E-state index >= 15 is 0 Å². The number of rotatable bonds is 8. The molecule has 2 aromatic rings. The molecule has 0 aliphatic rings. The number of aliphatic hydroxyl groups is 1. The Kier molecular flexibility index (Phi) is 6.47. The van der Waals surface area contributed by atoms with E-state index in [-0.39, 0.29) is 24.2 Å². The van der Waals surface area contributed by atoms with Crippen LogP contribution in [-0.2, 0) is 6.54 Å². The molecule has 0 spiro atoms. The van der Waals surface area contributed by atoms with Crippen molar-refractivity contribution in [3.8, 4) is 0 Å². The number of non-ortho nitro benzene ring substituents is 1. The standard InChI is InChI=1S/C18H21N3O4/c1-2-15(12-22)20-18(23)14-5-7-16(8-6-14)19-11-13-3-9-17(10-4-13)21(24)25/h3-10,15,19,22H,2,11-12H2,1H3,(H,20,23). The van der Waals surface area contributed by atoms with Crippen molar-refractivity contribution < 1.29 is 14.8 Å². The topological polar surface area (TPSA) is 104 Å². The highest BCUT2D eigenvalue weighted by Gasteiger charge is 2.11. The second-order valence-corrected chi connectivity index (χ2v) is 5.62. The molecule has 2 rings (SSSR count). The number of hydrogen-bond donors (Lipinski definition) is 3. The van der Waals surface area contributed by atoms with E-state index in [1.807, 2.05) is 6.92 Å². The third-order valence-electron chi connectivity index (χ3n) is 3.84. The van der Waals surface area contributed by atoms with Crippen LogP contribution in [0, 0.1) is 10.1 Å². The van der Waals surface area contributed by atoms with Gasteiger partial charge in [-0.05, 0) is 36.2 Å². The Bertz CT molecular complexity index is 710. The summed E-state index contributed by atoms with van der Waals surface area (Å²) in [5, 5.41) is 25.7. The SMILES string of the molecule is CCC(CO)NC(=O)c1ccc(NCc2ccc([N+](=O)[O-])cc2)cc1. The molecule has 0 aliphatic heterocycles. The first-order valence-corrected chi connectivity index (χ1v) is 8.02. The Balaban J connectivity index is 1.91. The smallest absolute Gasteiger partial charge is 0.269 e. The van der Waals surface area contributed by atoms with Crippen molar-refractivity contribution in [2.75, 3.05) is 11.9 Å². The van der Waals surface area contributed by atoms with Crippen LogP contribution in [0.3, 0.4) is 0 Å². The van der Waals surface area contributed by atoms with Crippen molar-refractivity contribution in [3.63, 3.8) is 0 Å². The summed E-state index contributed by atoms with van der Waals surface area (Å²) in [5.41, 5.74) is 2.34. The van der Waals surface area contributed by atoms with Crippen LogP contribution < -0.4 is 10.6 Å². The van der Waals surface area contributed by atoms with Crippen LogP contribution in [0.4, 0.5) is 11.4 Å². The summed E-state index contributed by atoms with van der Waals surface area (Å²) in [6.45, 7) is 2.33. The van der Waals surface area contributed by atoms with Crippen molar-refractivity contribution in [1.82, 2.24) is 5.32 Å². The lowest BCUT2D eigenvalue weighted by molar-refractivity contribution is -0.384. The van der Waals surface area contributed by atoms with Gasteiger partial charge in [0.1, 0.15) is 0 Å². The third-order valence-corrected chi connectivity index (χ3v) is 3.84. The van der Waals surface area contributed by atoms with Gasteiger partial charge in [-0.1, -0.05) is 19.1 Å². The molecular weight excluding hydrogens is 322 g/mol. The maximum absolute atomic E-state index is 12.1. The summed E-state index contributed by atoms with van der Waals surface area (Å²) in [7, 11) is 0. The van der Waals surface area contributed by atoms with Crippen LogP contribution in [0.15, 0.2) is 48.5 Å². The zero-order valence-electron chi connectivity index (χ0n) is 13.9. The third kappa shape index (κ3) is 5.29. The van der Waals surface area contributed by atoms with Gasteiger partial charge in [-0.2, -0.15) is 0 Å². The van der Waals surface area contributed by atoms with Crippen molar-refractivity contribution in [2.45, 2.75) is 25.9 Å². The first-order valence-electron chi connectivity index (χ1n) is 8.02. The molecule has 25 heavy (non-hydrogen) atoms. The van der Waals surface area contributed by atoms with Crippen LogP contribution in [0.5, 0.6) is 0 Å². The zero-order valence-corrected chi connectivity index (χ0v) is 13.9. The van der Waals surface area contributed by atoms with Gasteiger partial charge in [0, 0.05) is 29.9 Å². The number of carbonyl (C=O) groups excluding carboxylic acids is 1. The number of nitro groups is 1. The summed E-state index contributed by atoms with van der Waals surface area (Å²) in [6.07, 6.45) is 0.664. The fraction of sp³-hybridized carbons (Fsp3) is 0.278. The van der Waals surface area contributed by atoms with Crippen LogP contribution >= 0.6 is 0 Å². The highest BCUT2D eigenvalue weighted by Crippen LogP contribution is 2.15. The molecule has 2 aromatic carbocycles. The van der Waals surface area contributed by atoms with Crippen molar-refractivity contribution in [1.29, 1.82) is 0 Å². The van der Waals surface area contributed by atoms with E-state index in [2.05, 4.69) is 10.6 Å². The number of benzene rings is 2. The van der Waals surface area contributed by atoms with Gasteiger partial charge >= 0.3 is 0 Å². The lowest BCUT2D eigenvalue weighted by Gasteiger charge is -2.14. The Morgan fingerprint density at radius 2 is 1.80 bits per heavy atom. The highest BCUT2D eigenvalue weighted by molar-refractivity contribution is 5.94. The Morgan fingerprint density at radius 3 is 2.32 bits per heavy atom. The molecule has 7 heteroatoms. The predicted molar refractivity (Wildman–Crippen MR) is 95.5 cm³/mol. The molecule has 3 N–H and O–H groups in total. The van der Waals surface area contributed by atoms with Gasteiger partial charge in [-0.15, -0.1) is 0 Å². The van der Waals surface area contributed by atoms with E-state index in [9.17, 15) is 14.9 Å². The van der Waals surface area contributed by atoms with Gasteiger partial charge < -0.3 is 15.7 Å². The Labute approximate surface area is 145 Å². The molecule has 0 aromatic heterocycles. The van der Waals surface area contributed by atoms with E-state index in [0.717, 1.165) is 11.3 Å². The van der Waals surface area contributed by atoms with Gasteiger partial charge in [0.15, 0.2) is 0 Å². The predicted octanol–water partition coefficient (Wildman–Crippen LogP) is 2.71. The zero-order chi connectivity index (χ0) is 18.2. The molecule has 132 valence electrons. The van der Waals surface area contributed by atoms with Crippen molar-refractivity contribution >= 4 is 17.3 Å². The molecule has 1 atom stereocenters. The minimum absolute atomic E-state index is 0.0624. The monoisotopic (exact) mass is 343 g/mol. The van der Waals surface area contributed by atoms with Gasteiger partial charge in [0.05, 0.1) is 17.6 Å². The summed E-state index contributed by atoms with van der Waals surface area (Å²) in [6, 6.07) is 13.1. The molecule has 1 unspecified atom stereocenters. The molecule has 0 saturated carbocycles. The fourth-order valence-corrected chi connectivity index (χ4v) is 2.22. The number of carbonyl (C=O) groups is 1. The van der Waals surface area contributed by atoms with Gasteiger partial charge in [0.25, 0.3) is 11.6 Å². The summed E-state index contributed by atoms with van der Waals surface area (Å²) >= 11 is 0. The number of nitrogens with zero attached hydrogens (tertiary/aromatic N) is 1. The molecule has 0 fully saturated rings. The second-order valence-electron chi connectivity index (χ2n) is 5.62. The molecule has 0 bridgehead atoms. The lowest BCUT2D eigenvalue weighted by atomic mass is 10.1. The number of anilines is 1. The van der Waals surface area contributed by atoms with E-state index < -0.39 is 4.92 Å². The maximum Gasteiger partial charge on any atom is 0.269 e. The quantitative estimate of drug-likeness (QED) is 0.505. The molecule has 1 amide bonds. The number of amides is 1. The van der Waals surface area contributed by atoms with Gasteiger partial charge in [-0.3, -0.25) is 14.9 Å². The maximum atomic E-state index is 12.1. The van der Waals surface area contributed by atoms with Gasteiger partial charge in [-0.25, -0.2) is 0 Å². The minimum Gasteiger partial charge on any atom is -0.394 e. The second kappa shape index (κ2) is 8.79. The number of hydrogen-bond acceptors (Lipinski definition) is 5. The summed E-state index contributed by atoms with van der Waals surface area (Å²) in [5.74, 6) is -0.220. The average molecular weight is 343 g/mol. The lowest BCUT2D eigenvalue weighted by Crippen LogP contribution is -2.36. The van der Waals surface area contributed by atoms with Crippen molar-refractivity contribution in [3.05, 3.63) is 69.8 Å².